The maximum absolute atomic E-state index is 11.4. The van der Waals surface area contributed by atoms with Gasteiger partial charge in [0.15, 0.2) is 0 Å². The maximum atomic E-state index is 11.4. The maximum Gasteiger partial charge on any atom is 0.323 e. The van der Waals surface area contributed by atoms with Gasteiger partial charge in [-0.15, -0.1) is 0 Å². The third-order valence-electron chi connectivity index (χ3n) is 4.01. The van der Waals surface area contributed by atoms with Crippen molar-refractivity contribution in [3.05, 3.63) is 41.5 Å². The van der Waals surface area contributed by atoms with Crippen LogP contribution in [-0.4, -0.2) is 27.7 Å². The fourth-order valence-electron chi connectivity index (χ4n) is 2.67. The predicted molar refractivity (Wildman–Crippen MR) is 81.1 cm³/mol. The molecule has 2 rings (SSSR count). The van der Waals surface area contributed by atoms with Crippen LogP contribution in [0.2, 0.25) is 0 Å². The SMILES string of the molecule is O=C(/C=C/c1ccc(CNC2(C(=O)O)CCCC2)cc1)NO. The lowest BCUT2D eigenvalue weighted by atomic mass is 9.97. The van der Waals surface area contributed by atoms with Gasteiger partial charge >= 0.3 is 5.97 Å². The Balaban J connectivity index is 1.95. The number of amides is 1. The first kappa shape index (κ1) is 16.2. The second kappa shape index (κ2) is 7.20. The minimum Gasteiger partial charge on any atom is -0.480 e. The van der Waals surface area contributed by atoms with Gasteiger partial charge in [0.1, 0.15) is 5.54 Å². The number of rotatable bonds is 6. The highest BCUT2D eigenvalue weighted by Gasteiger charge is 2.40. The van der Waals surface area contributed by atoms with Crippen molar-refractivity contribution in [3.63, 3.8) is 0 Å². The van der Waals surface area contributed by atoms with E-state index in [1.54, 1.807) is 6.08 Å². The van der Waals surface area contributed by atoms with Gasteiger partial charge in [-0.1, -0.05) is 37.1 Å². The van der Waals surface area contributed by atoms with Crippen LogP contribution in [0.25, 0.3) is 6.08 Å². The van der Waals surface area contributed by atoms with Crippen molar-refractivity contribution < 1.29 is 19.9 Å². The quantitative estimate of drug-likeness (QED) is 0.364. The normalized spacial score (nSPS) is 16.8. The molecule has 0 aliphatic heterocycles. The summed E-state index contributed by atoms with van der Waals surface area (Å²) in [6.45, 7) is 0.493. The molecule has 1 saturated carbocycles. The molecule has 4 N–H and O–H groups in total. The molecule has 1 fully saturated rings. The smallest absolute Gasteiger partial charge is 0.323 e. The Bertz CT molecular complexity index is 560. The summed E-state index contributed by atoms with van der Waals surface area (Å²) >= 11 is 0. The molecule has 0 heterocycles. The zero-order chi connectivity index (χ0) is 16.0. The van der Waals surface area contributed by atoms with Gasteiger partial charge in [-0.3, -0.25) is 20.1 Å². The van der Waals surface area contributed by atoms with Crippen LogP contribution < -0.4 is 10.8 Å². The van der Waals surface area contributed by atoms with E-state index in [0.29, 0.717) is 19.4 Å². The Hall–Kier alpha value is -2.18. The number of carboxylic acids is 1. The molecule has 0 aromatic heterocycles. The Kier molecular flexibility index (Phi) is 5.30. The Morgan fingerprint density at radius 3 is 2.36 bits per heavy atom. The number of carbonyl (C=O) groups is 2. The van der Waals surface area contributed by atoms with Crippen LogP contribution in [0.15, 0.2) is 30.3 Å². The zero-order valence-electron chi connectivity index (χ0n) is 12.2. The highest BCUT2D eigenvalue weighted by molar-refractivity contribution is 5.90. The van der Waals surface area contributed by atoms with E-state index in [2.05, 4.69) is 5.32 Å². The minimum absolute atomic E-state index is 0.493. The summed E-state index contributed by atoms with van der Waals surface area (Å²) in [6.07, 6.45) is 6.02. The lowest BCUT2D eigenvalue weighted by Crippen LogP contribution is -2.49. The van der Waals surface area contributed by atoms with Crippen LogP contribution in [0.5, 0.6) is 0 Å². The highest BCUT2D eigenvalue weighted by Crippen LogP contribution is 2.30. The van der Waals surface area contributed by atoms with Crippen molar-refractivity contribution in [1.82, 2.24) is 10.8 Å². The third-order valence-corrected chi connectivity index (χ3v) is 4.01. The topological polar surface area (TPSA) is 98.7 Å². The van der Waals surface area contributed by atoms with Crippen LogP contribution in [0.4, 0.5) is 0 Å². The molecule has 1 aliphatic carbocycles. The van der Waals surface area contributed by atoms with Gasteiger partial charge in [-0.25, -0.2) is 5.48 Å². The number of carbonyl (C=O) groups excluding carboxylic acids is 1. The van der Waals surface area contributed by atoms with Crippen LogP contribution in [0, 0.1) is 0 Å². The first-order valence-corrected chi connectivity index (χ1v) is 7.25. The van der Waals surface area contributed by atoms with Crippen LogP contribution in [-0.2, 0) is 16.1 Å². The van der Waals surface area contributed by atoms with Crippen molar-refractivity contribution >= 4 is 18.0 Å². The van der Waals surface area contributed by atoms with Crippen molar-refractivity contribution in [2.75, 3.05) is 0 Å². The van der Waals surface area contributed by atoms with E-state index in [0.717, 1.165) is 24.0 Å². The lowest BCUT2D eigenvalue weighted by molar-refractivity contribution is -0.144. The monoisotopic (exact) mass is 304 g/mol. The Morgan fingerprint density at radius 2 is 1.82 bits per heavy atom. The molecule has 0 atom stereocenters. The van der Waals surface area contributed by atoms with Gasteiger partial charge in [0.25, 0.3) is 5.91 Å². The number of hydroxylamine groups is 1. The summed E-state index contributed by atoms with van der Waals surface area (Å²) in [5, 5.41) is 21.0. The van der Waals surface area contributed by atoms with E-state index >= 15 is 0 Å². The molecule has 0 spiro atoms. The average Bonchev–Trinajstić information content (AvgIpc) is 3.02. The molecule has 118 valence electrons. The molecule has 1 aromatic rings. The fourth-order valence-corrected chi connectivity index (χ4v) is 2.67. The van der Waals surface area contributed by atoms with Gasteiger partial charge < -0.3 is 5.11 Å². The Labute approximate surface area is 128 Å². The molecule has 1 aromatic carbocycles. The number of nitrogens with one attached hydrogen (secondary N) is 2. The van der Waals surface area contributed by atoms with Gasteiger partial charge in [-0.2, -0.15) is 0 Å². The molecule has 0 bridgehead atoms. The number of benzene rings is 1. The van der Waals surface area contributed by atoms with E-state index in [-0.39, 0.29) is 0 Å². The van der Waals surface area contributed by atoms with Gasteiger partial charge in [0.2, 0.25) is 0 Å². The molecule has 1 aliphatic rings. The van der Waals surface area contributed by atoms with Crippen molar-refractivity contribution in [2.45, 2.75) is 37.8 Å². The fraction of sp³-hybridized carbons (Fsp3) is 0.375. The Morgan fingerprint density at radius 1 is 1.18 bits per heavy atom. The summed E-state index contributed by atoms with van der Waals surface area (Å²) in [4.78, 5) is 22.3. The molecule has 0 unspecified atom stereocenters. The first-order valence-electron chi connectivity index (χ1n) is 7.25. The summed E-state index contributed by atoms with van der Waals surface area (Å²) in [7, 11) is 0. The molecular formula is C16H20N2O4. The lowest BCUT2D eigenvalue weighted by Gasteiger charge is -2.25. The van der Waals surface area contributed by atoms with Gasteiger partial charge in [0.05, 0.1) is 0 Å². The third kappa shape index (κ3) is 3.93. The second-order valence-corrected chi connectivity index (χ2v) is 5.50. The zero-order valence-corrected chi connectivity index (χ0v) is 12.2. The number of hydrogen-bond acceptors (Lipinski definition) is 4. The second-order valence-electron chi connectivity index (χ2n) is 5.50. The van der Waals surface area contributed by atoms with Crippen molar-refractivity contribution in [1.29, 1.82) is 0 Å². The summed E-state index contributed by atoms with van der Waals surface area (Å²) in [5.41, 5.74) is 2.53. The first-order chi connectivity index (χ1) is 10.6. The largest absolute Gasteiger partial charge is 0.480 e. The minimum atomic E-state index is -0.794. The van der Waals surface area contributed by atoms with Crippen LogP contribution in [0.3, 0.4) is 0 Å². The van der Waals surface area contributed by atoms with Crippen LogP contribution >= 0.6 is 0 Å². The van der Waals surface area contributed by atoms with Gasteiger partial charge in [0, 0.05) is 12.6 Å². The van der Waals surface area contributed by atoms with E-state index in [9.17, 15) is 14.7 Å². The molecule has 0 radical (unpaired) electrons. The molecule has 22 heavy (non-hydrogen) atoms. The molecule has 6 nitrogen and oxygen atoms in total. The van der Waals surface area contributed by atoms with E-state index in [4.69, 9.17) is 5.21 Å². The number of carboxylic acid groups (broad SMARTS) is 1. The summed E-state index contributed by atoms with van der Waals surface area (Å²) in [6, 6.07) is 7.43. The number of hydrogen-bond donors (Lipinski definition) is 4. The summed E-state index contributed by atoms with van der Waals surface area (Å²) in [5.74, 6) is -1.37. The molecule has 1 amide bonds. The summed E-state index contributed by atoms with van der Waals surface area (Å²) < 4.78 is 0. The average molecular weight is 304 g/mol. The highest BCUT2D eigenvalue weighted by atomic mass is 16.5. The molecule has 6 heteroatoms. The number of aliphatic carboxylic acids is 1. The standard InChI is InChI=1S/C16H20N2O4/c19-14(18-22)8-7-12-3-5-13(6-4-12)11-17-16(15(20)21)9-1-2-10-16/h3-8,17,22H,1-2,9-11H2,(H,18,19)(H,20,21)/b8-7+. The molecule has 0 saturated heterocycles. The van der Waals surface area contributed by atoms with E-state index in [1.807, 2.05) is 24.3 Å². The predicted octanol–water partition coefficient (Wildman–Crippen LogP) is 1.69. The molecular weight excluding hydrogens is 284 g/mol. The van der Waals surface area contributed by atoms with Crippen LogP contribution in [0.1, 0.15) is 36.8 Å². The van der Waals surface area contributed by atoms with E-state index < -0.39 is 17.4 Å². The van der Waals surface area contributed by atoms with Gasteiger partial charge in [-0.05, 0) is 30.0 Å². The van der Waals surface area contributed by atoms with Crippen molar-refractivity contribution in [3.8, 4) is 0 Å². The van der Waals surface area contributed by atoms with E-state index in [1.165, 1.54) is 11.6 Å². The van der Waals surface area contributed by atoms with Crippen molar-refractivity contribution in [2.24, 2.45) is 0 Å².